The van der Waals surface area contributed by atoms with Crippen LogP contribution in [0.15, 0.2) is 24.3 Å². The fourth-order valence-electron chi connectivity index (χ4n) is 3.14. The van der Waals surface area contributed by atoms with E-state index in [1.807, 2.05) is 6.92 Å². The van der Waals surface area contributed by atoms with E-state index < -0.39 is 23.4 Å². The summed E-state index contributed by atoms with van der Waals surface area (Å²) in [5, 5.41) is 3.06. The van der Waals surface area contributed by atoms with Crippen molar-refractivity contribution in [1.82, 2.24) is 5.32 Å². The maximum Gasteiger partial charge on any atom is 0.338 e. The summed E-state index contributed by atoms with van der Waals surface area (Å²) in [6.45, 7) is 5.57. The summed E-state index contributed by atoms with van der Waals surface area (Å²) in [6.07, 6.45) is 0.545. The van der Waals surface area contributed by atoms with E-state index in [0.717, 1.165) is 0 Å². The molecule has 0 aromatic heterocycles. The number of esters is 2. The van der Waals surface area contributed by atoms with E-state index in [0.29, 0.717) is 12.0 Å². The highest BCUT2D eigenvalue weighted by atomic mass is 19.1. The second kappa shape index (κ2) is 7.08. The minimum absolute atomic E-state index is 0.0844. The summed E-state index contributed by atoms with van der Waals surface area (Å²) >= 11 is 0. The second-order valence-electron chi connectivity index (χ2n) is 5.63. The molecule has 1 aliphatic heterocycles. The molecule has 23 heavy (non-hydrogen) atoms. The lowest BCUT2D eigenvalue weighted by atomic mass is 9.80. The Morgan fingerprint density at radius 2 is 1.70 bits per heavy atom. The van der Waals surface area contributed by atoms with E-state index in [1.165, 1.54) is 12.1 Å². The molecular weight excluding hydrogens is 301 g/mol. The quantitative estimate of drug-likeness (QED) is 0.664. The van der Waals surface area contributed by atoms with Gasteiger partial charge in [0.05, 0.1) is 13.2 Å². The molecule has 0 unspecified atom stereocenters. The van der Waals surface area contributed by atoms with Gasteiger partial charge in [0.25, 0.3) is 0 Å². The monoisotopic (exact) mass is 323 g/mol. The SMILES string of the molecule is CCOC(=O)C1(C(=O)OCC)N[C@@H](C)C[C@H]1c1ccc(F)cc1. The number of carbonyl (C=O) groups is 2. The molecular formula is C17H22FNO4. The Hall–Kier alpha value is -1.95. The van der Waals surface area contributed by atoms with Gasteiger partial charge in [0, 0.05) is 12.0 Å². The number of halogens is 1. The predicted molar refractivity (Wildman–Crippen MR) is 82.4 cm³/mol. The first-order valence-electron chi connectivity index (χ1n) is 7.83. The van der Waals surface area contributed by atoms with Gasteiger partial charge in [-0.3, -0.25) is 5.32 Å². The first-order valence-corrected chi connectivity index (χ1v) is 7.83. The molecule has 0 spiro atoms. The van der Waals surface area contributed by atoms with Crippen molar-refractivity contribution in [2.24, 2.45) is 0 Å². The minimum Gasteiger partial charge on any atom is -0.464 e. The van der Waals surface area contributed by atoms with Crippen molar-refractivity contribution < 1.29 is 23.5 Å². The summed E-state index contributed by atoms with van der Waals surface area (Å²) in [5.41, 5.74) is -0.896. The van der Waals surface area contributed by atoms with Crippen LogP contribution in [0.25, 0.3) is 0 Å². The first kappa shape index (κ1) is 17.4. The highest BCUT2D eigenvalue weighted by Crippen LogP contribution is 2.40. The third-order valence-electron chi connectivity index (χ3n) is 4.05. The number of benzene rings is 1. The molecule has 1 saturated heterocycles. The Balaban J connectivity index is 2.49. The number of rotatable bonds is 5. The molecule has 1 aromatic rings. The Morgan fingerprint density at radius 3 is 2.17 bits per heavy atom. The maximum absolute atomic E-state index is 13.2. The van der Waals surface area contributed by atoms with E-state index >= 15 is 0 Å². The van der Waals surface area contributed by atoms with Gasteiger partial charge in [0.2, 0.25) is 5.54 Å². The molecule has 1 fully saturated rings. The Bertz CT molecular complexity index is 554. The molecule has 5 nitrogen and oxygen atoms in total. The molecule has 1 heterocycles. The van der Waals surface area contributed by atoms with Crippen LogP contribution in [0.1, 0.15) is 38.7 Å². The average Bonchev–Trinajstić information content (AvgIpc) is 2.87. The fourth-order valence-corrected chi connectivity index (χ4v) is 3.14. The van der Waals surface area contributed by atoms with Gasteiger partial charge in [-0.15, -0.1) is 0 Å². The molecule has 2 atom stereocenters. The van der Waals surface area contributed by atoms with Crippen LogP contribution in [0.3, 0.4) is 0 Å². The Morgan fingerprint density at radius 1 is 1.17 bits per heavy atom. The van der Waals surface area contributed by atoms with Crippen LogP contribution in [-0.4, -0.2) is 36.7 Å². The van der Waals surface area contributed by atoms with Crippen molar-refractivity contribution in [3.8, 4) is 0 Å². The normalized spacial score (nSPS) is 22.6. The first-order chi connectivity index (χ1) is 11.0. The maximum atomic E-state index is 13.2. The molecule has 6 heteroatoms. The Labute approximate surface area is 135 Å². The summed E-state index contributed by atoms with van der Waals surface area (Å²) in [4.78, 5) is 25.2. The standard InChI is InChI=1S/C17H22FNO4/c1-4-22-15(20)17(16(21)23-5-2)14(10-11(3)19-17)12-6-8-13(18)9-7-12/h6-9,11,14,19H,4-5,10H2,1-3H3/t11-,14-/m0/s1. The van der Waals surface area contributed by atoms with Crippen molar-refractivity contribution in [3.05, 3.63) is 35.6 Å². The number of ether oxygens (including phenoxy) is 2. The molecule has 0 amide bonds. The lowest BCUT2D eigenvalue weighted by Gasteiger charge is -2.31. The van der Waals surface area contributed by atoms with Gasteiger partial charge in [0.15, 0.2) is 0 Å². The van der Waals surface area contributed by atoms with Crippen molar-refractivity contribution in [2.75, 3.05) is 13.2 Å². The lowest BCUT2D eigenvalue weighted by molar-refractivity contribution is -0.166. The van der Waals surface area contributed by atoms with Crippen LogP contribution in [0.5, 0.6) is 0 Å². The van der Waals surface area contributed by atoms with Crippen LogP contribution in [0.4, 0.5) is 4.39 Å². The van der Waals surface area contributed by atoms with Crippen LogP contribution in [0, 0.1) is 5.82 Å². The number of nitrogens with one attached hydrogen (secondary N) is 1. The van der Waals surface area contributed by atoms with Gasteiger partial charge in [-0.2, -0.15) is 0 Å². The van der Waals surface area contributed by atoms with E-state index in [1.54, 1.807) is 26.0 Å². The molecule has 1 aliphatic rings. The van der Waals surface area contributed by atoms with Crippen molar-refractivity contribution in [2.45, 2.75) is 44.7 Å². The van der Waals surface area contributed by atoms with E-state index in [9.17, 15) is 14.0 Å². The smallest absolute Gasteiger partial charge is 0.338 e. The van der Waals surface area contributed by atoms with E-state index in [-0.39, 0.29) is 25.1 Å². The van der Waals surface area contributed by atoms with Crippen LogP contribution in [0.2, 0.25) is 0 Å². The van der Waals surface area contributed by atoms with Gasteiger partial charge in [0.1, 0.15) is 5.82 Å². The minimum atomic E-state index is -1.59. The topological polar surface area (TPSA) is 64.6 Å². The average molecular weight is 323 g/mol. The van der Waals surface area contributed by atoms with Gasteiger partial charge in [-0.25, -0.2) is 14.0 Å². The highest BCUT2D eigenvalue weighted by molar-refractivity contribution is 6.06. The van der Waals surface area contributed by atoms with Crippen LogP contribution >= 0.6 is 0 Å². The van der Waals surface area contributed by atoms with Gasteiger partial charge < -0.3 is 9.47 Å². The zero-order chi connectivity index (χ0) is 17.0. The number of hydrogen-bond donors (Lipinski definition) is 1. The predicted octanol–water partition coefficient (Wildman–Crippen LogP) is 2.16. The molecule has 1 aromatic carbocycles. The largest absolute Gasteiger partial charge is 0.464 e. The molecule has 126 valence electrons. The zero-order valence-corrected chi connectivity index (χ0v) is 13.6. The molecule has 0 saturated carbocycles. The number of hydrogen-bond acceptors (Lipinski definition) is 5. The van der Waals surface area contributed by atoms with Crippen LogP contribution < -0.4 is 5.32 Å². The Kier molecular flexibility index (Phi) is 5.36. The van der Waals surface area contributed by atoms with Gasteiger partial charge in [-0.05, 0) is 44.9 Å². The highest BCUT2D eigenvalue weighted by Gasteiger charge is 2.60. The number of carbonyl (C=O) groups excluding carboxylic acids is 2. The van der Waals surface area contributed by atoms with Crippen LogP contribution in [-0.2, 0) is 19.1 Å². The van der Waals surface area contributed by atoms with Gasteiger partial charge >= 0.3 is 11.9 Å². The fraction of sp³-hybridized carbons (Fsp3) is 0.529. The summed E-state index contributed by atoms with van der Waals surface area (Å²) in [5.74, 6) is -2.16. The lowest BCUT2D eigenvalue weighted by Crippen LogP contribution is -2.60. The van der Waals surface area contributed by atoms with Crippen molar-refractivity contribution >= 4 is 11.9 Å². The molecule has 0 aliphatic carbocycles. The van der Waals surface area contributed by atoms with E-state index in [4.69, 9.17) is 9.47 Å². The molecule has 1 N–H and O–H groups in total. The summed E-state index contributed by atoms with van der Waals surface area (Å²) in [6, 6.07) is 5.73. The molecule has 0 radical (unpaired) electrons. The van der Waals surface area contributed by atoms with E-state index in [2.05, 4.69) is 5.32 Å². The third kappa shape index (κ3) is 3.22. The zero-order valence-electron chi connectivity index (χ0n) is 13.6. The van der Waals surface area contributed by atoms with Crippen molar-refractivity contribution in [3.63, 3.8) is 0 Å². The molecule has 2 rings (SSSR count). The molecule has 0 bridgehead atoms. The third-order valence-corrected chi connectivity index (χ3v) is 4.05. The summed E-state index contributed by atoms with van der Waals surface area (Å²) < 4.78 is 23.5. The second-order valence-corrected chi connectivity index (χ2v) is 5.63. The van der Waals surface area contributed by atoms with Gasteiger partial charge in [-0.1, -0.05) is 12.1 Å². The summed E-state index contributed by atoms with van der Waals surface area (Å²) in [7, 11) is 0. The van der Waals surface area contributed by atoms with Crippen molar-refractivity contribution in [1.29, 1.82) is 0 Å².